The lowest BCUT2D eigenvalue weighted by atomic mass is 9.85. The molecule has 1 saturated carbocycles. The summed E-state index contributed by atoms with van der Waals surface area (Å²) < 4.78 is 0. The van der Waals surface area contributed by atoms with Gasteiger partial charge in [0.1, 0.15) is 0 Å². The first-order chi connectivity index (χ1) is 7.77. The van der Waals surface area contributed by atoms with Crippen molar-refractivity contribution in [3.63, 3.8) is 0 Å². The van der Waals surface area contributed by atoms with Gasteiger partial charge in [-0.3, -0.25) is 4.90 Å². The van der Waals surface area contributed by atoms with Crippen LogP contribution in [0.3, 0.4) is 0 Å². The lowest BCUT2D eigenvalue weighted by Crippen LogP contribution is -2.43. The first-order valence-corrected chi connectivity index (χ1v) is 7.22. The second-order valence-corrected chi connectivity index (χ2v) is 5.29. The van der Waals surface area contributed by atoms with Gasteiger partial charge < -0.3 is 5.32 Å². The number of hydrogen-bond donors (Lipinski definition) is 1. The first-order valence-electron chi connectivity index (χ1n) is 7.22. The molecule has 0 bridgehead atoms. The van der Waals surface area contributed by atoms with Gasteiger partial charge in [0.05, 0.1) is 0 Å². The summed E-state index contributed by atoms with van der Waals surface area (Å²) in [6.45, 7) is 11.8. The summed E-state index contributed by atoms with van der Waals surface area (Å²) in [5, 5.41) is 3.57. The minimum Gasteiger partial charge on any atom is -0.315 e. The summed E-state index contributed by atoms with van der Waals surface area (Å²) >= 11 is 0. The fourth-order valence-electron chi connectivity index (χ4n) is 2.37. The quantitative estimate of drug-likeness (QED) is 0.608. The molecule has 1 aliphatic rings. The third-order valence-electron chi connectivity index (χ3n) is 3.89. The van der Waals surface area contributed by atoms with Crippen molar-refractivity contribution in [3.8, 4) is 0 Å². The number of rotatable bonds is 9. The third-order valence-corrected chi connectivity index (χ3v) is 3.89. The normalized spacial score (nSPS) is 18.8. The van der Waals surface area contributed by atoms with E-state index in [1.54, 1.807) is 0 Å². The molecule has 0 saturated heterocycles. The van der Waals surface area contributed by atoms with Crippen LogP contribution in [0.4, 0.5) is 0 Å². The molecule has 2 nitrogen and oxygen atoms in total. The number of hydrogen-bond acceptors (Lipinski definition) is 2. The second-order valence-electron chi connectivity index (χ2n) is 5.29. The van der Waals surface area contributed by atoms with Crippen LogP contribution in [0.25, 0.3) is 0 Å². The van der Waals surface area contributed by atoms with Crippen LogP contribution in [-0.4, -0.2) is 37.1 Å². The van der Waals surface area contributed by atoms with E-state index in [1.807, 2.05) is 0 Å². The van der Waals surface area contributed by atoms with Gasteiger partial charge in [0.25, 0.3) is 0 Å². The van der Waals surface area contributed by atoms with Crippen LogP contribution in [0.5, 0.6) is 0 Å². The summed E-state index contributed by atoms with van der Waals surface area (Å²) in [5.41, 5.74) is 0. The maximum Gasteiger partial charge on any atom is 0.0192 e. The van der Waals surface area contributed by atoms with Gasteiger partial charge in [-0.15, -0.1) is 0 Å². The predicted molar refractivity (Wildman–Crippen MR) is 71.8 cm³/mol. The molecule has 0 aromatic heterocycles. The van der Waals surface area contributed by atoms with E-state index in [0.29, 0.717) is 6.04 Å². The molecule has 0 radical (unpaired) electrons. The highest BCUT2D eigenvalue weighted by atomic mass is 15.2. The van der Waals surface area contributed by atoms with Crippen molar-refractivity contribution in [3.05, 3.63) is 0 Å². The fraction of sp³-hybridized carbons (Fsp3) is 1.00. The Balaban J connectivity index is 2.12. The molecule has 1 aliphatic carbocycles. The Morgan fingerprint density at radius 1 is 1.31 bits per heavy atom. The van der Waals surface area contributed by atoms with Crippen LogP contribution in [0.15, 0.2) is 0 Å². The number of nitrogens with one attached hydrogen (secondary N) is 1. The Hall–Kier alpha value is -0.0800. The molecular formula is C14H30N2. The Bertz CT molecular complexity index is 166. The first kappa shape index (κ1) is 14.0. The van der Waals surface area contributed by atoms with Gasteiger partial charge >= 0.3 is 0 Å². The molecule has 0 aliphatic heterocycles. The molecule has 1 rings (SSSR count). The predicted octanol–water partition coefficient (Wildman–Crippen LogP) is 2.89. The average molecular weight is 226 g/mol. The van der Waals surface area contributed by atoms with Gasteiger partial charge in [0.15, 0.2) is 0 Å². The molecule has 16 heavy (non-hydrogen) atoms. The van der Waals surface area contributed by atoms with Crippen LogP contribution < -0.4 is 5.32 Å². The smallest absolute Gasteiger partial charge is 0.0192 e. The largest absolute Gasteiger partial charge is 0.315 e. The molecule has 0 aromatic carbocycles. The molecule has 1 fully saturated rings. The van der Waals surface area contributed by atoms with E-state index in [9.17, 15) is 0 Å². The molecule has 0 amide bonds. The molecule has 1 atom stereocenters. The zero-order chi connectivity index (χ0) is 11.8. The van der Waals surface area contributed by atoms with Gasteiger partial charge in [-0.25, -0.2) is 0 Å². The maximum absolute atomic E-state index is 3.57. The van der Waals surface area contributed by atoms with Gasteiger partial charge in [0, 0.05) is 19.1 Å². The van der Waals surface area contributed by atoms with Gasteiger partial charge in [0.2, 0.25) is 0 Å². The highest BCUT2D eigenvalue weighted by Crippen LogP contribution is 2.27. The topological polar surface area (TPSA) is 15.3 Å². The molecule has 0 heterocycles. The SMILES string of the molecule is CCCCNCC(C)N(CC)CC1CCC1. The zero-order valence-electron chi connectivity index (χ0n) is 11.5. The fourth-order valence-corrected chi connectivity index (χ4v) is 2.37. The van der Waals surface area contributed by atoms with Crippen LogP contribution in [0.1, 0.15) is 52.9 Å². The molecular weight excluding hydrogens is 196 g/mol. The lowest BCUT2D eigenvalue weighted by Gasteiger charge is -2.35. The van der Waals surface area contributed by atoms with E-state index in [2.05, 4.69) is 31.0 Å². The van der Waals surface area contributed by atoms with Crippen LogP contribution >= 0.6 is 0 Å². The maximum atomic E-state index is 3.57. The molecule has 1 N–H and O–H groups in total. The van der Waals surface area contributed by atoms with Crippen LogP contribution in [0.2, 0.25) is 0 Å². The van der Waals surface area contributed by atoms with E-state index < -0.39 is 0 Å². The van der Waals surface area contributed by atoms with E-state index in [-0.39, 0.29) is 0 Å². The Morgan fingerprint density at radius 3 is 2.56 bits per heavy atom. The summed E-state index contributed by atoms with van der Waals surface area (Å²) in [5.74, 6) is 0.998. The third kappa shape index (κ3) is 4.84. The van der Waals surface area contributed by atoms with Crippen molar-refractivity contribution in [2.75, 3.05) is 26.2 Å². The van der Waals surface area contributed by atoms with Crippen molar-refractivity contribution in [2.24, 2.45) is 5.92 Å². The Kier molecular flexibility index (Phi) is 7.06. The number of likely N-dealkylation sites (N-methyl/N-ethyl adjacent to an activating group) is 1. The summed E-state index contributed by atoms with van der Waals surface area (Å²) in [4.78, 5) is 2.64. The van der Waals surface area contributed by atoms with Crippen molar-refractivity contribution in [1.82, 2.24) is 10.2 Å². The van der Waals surface area contributed by atoms with Crippen molar-refractivity contribution >= 4 is 0 Å². The van der Waals surface area contributed by atoms with E-state index in [0.717, 1.165) is 12.5 Å². The zero-order valence-corrected chi connectivity index (χ0v) is 11.5. The summed E-state index contributed by atoms with van der Waals surface area (Å²) in [7, 11) is 0. The van der Waals surface area contributed by atoms with Crippen LogP contribution in [0, 0.1) is 5.92 Å². The number of nitrogens with zero attached hydrogens (tertiary/aromatic N) is 1. The monoisotopic (exact) mass is 226 g/mol. The highest BCUT2D eigenvalue weighted by molar-refractivity contribution is 4.77. The van der Waals surface area contributed by atoms with E-state index in [4.69, 9.17) is 0 Å². The molecule has 1 unspecified atom stereocenters. The van der Waals surface area contributed by atoms with Crippen molar-refractivity contribution < 1.29 is 0 Å². The van der Waals surface area contributed by atoms with Gasteiger partial charge in [-0.1, -0.05) is 26.7 Å². The van der Waals surface area contributed by atoms with Crippen LogP contribution in [-0.2, 0) is 0 Å². The summed E-state index contributed by atoms with van der Waals surface area (Å²) in [6.07, 6.45) is 6.99. The minimum absolute atomic E-state index is 0.697. The molecule has 0 aromatic rings. The number of unbranched alkanes of at least 4 members (excludes halogenated alkanes) is 1. The highest BCUT2D eigenvalue weighted by Gasteiger charge is 2.22. The van der Waals surface area contributed by atoms with E-state index in [1.165, 1.54) is 51.7 Å². The van der Waals surface area contributed by atoms with Crippen molar-refractivity contribution in [1.29, 1.82) is 0 Å². The second kappa shape index (κ2) is 8.08. The molecule has 2 heteroatoms. The Morgan fingerprint density at radius 2 is 2.06 bits per heavy atom. The standard InChI is InChI=1S/C14H30N2/c1-4-6-10-15-11-13(3)16(5-2)12-14-8-7-9-14/h13-15H,4-12H2,1-3H3. The van der Waals surface area contributed by atoms with Crippen molar-refractivity contribution in [2.45, 2.75) is 58.9 Å². The average Bonchev–Trinajstić information content (AvgIpc) is 2.23. The Labute approximate surface area is 102 Å². The summed E-state index contributed by atoms with van der Waals surface area (Å²) in [6, 6.07) is 0.697. The molecule has 0 spiro atoms. The van der Waals surface area contributed by atoms with Gasteiger partial charge in [-0.05, 0) is 45.2 Å². The van der Waals surface area contributed by atoms with E-state index >= 15 is 0 Å². The lowest BCUT2D eigenvalue weighted by molar-refractivity contribution is 0.144. The van der Waals surface area contributed by atoms with Gasteiger partial charge in [-0.2, -0.15) is 0 Å². The molecule has 96 valence electrons. The minimum atomic E-state index is 0.697.